The molecule has 0 saturated heterocycles. The van der Waals surface area contributed by atoms with Crippen LogP contribution in [0, 0.1) is 11.6 Å². The smallest absolute Gasteiger partial charge is 0.356 e. The Bertz CT molecular complexity index is 1660. The zero-order valence-corrected chi connectivity index (χ0v) is 22.9. The Morgan fingerprint density at radius 2 is 1.95 bits per heavy atom. The lowest BCUT2D eigenvalue weighted by atomic mass is 10.0. The standard InChI is InChI=1S/C29H25ClF2N4O5/c1-14(2)36-24(11-23(33-36)29(37)38)22-12-25(40-34-22)17-9-8-16(10-19(17)30)39-13-18-27(35-41-28(18)15-6-7-15)26-20(31)4-3-5-21(26)32/h3-5,8-11,14-15,25H,6-7,12-13H2,1-2H3,(H,37,38). The largest absolute Gasteiger partial charge is 0.489 e. The van der Waals surface area contributed by atoms with Crippen LogP contribution in [0.15, 0.2) is 52.1 Å². The zero-order chi connectivity index (χ0) is 28.8. The molecule has 41 heavy (non-hydrogen) atoms. The van der Waals surface area contributed by atoms with Crippen molar-refractivity contribution in [1.29, 1.82) is 0 Å². The van der Waals surface area contributed by atoms with Gasteiger partial charge in [-0.2, -0.15) is 5.10 Å². The summed E-state index contributed by atoms with van der Waals surface area (Å²) in [5, 5.41) is 22.1. The first-order chi connectivity index (χ1) is 19.7. The number of hydrogen-bond donors (Lipinski definition) is 1. The maximum atomic E-state index is 14.6. The summed E-state index contributed by atoms with van der Waals surface area (Å²) in [6, 6.07) is 10.2. The van der Waals surface area contributed by atoms with Gasteiger partial charge in [-0.25, -0.2) is 13.6 Å². The average Bonchev–Trinajstić information content (AvgIpc) is 3.32. The Morgan fingerprint density at radius 1 is 1.20 bits per heavy atom. The predicted molar refractivity (Wildman–Crippen MR) is 144 cm³/mol. The van der Waals surface area contributed by atoms with E-state index in [4.69, 9.17) is 25.7 Å². The number of carboxylic acid groups (broad SMARTS) is 1. The first-order valence-electron chi connectivity index (χ1n) is 13.1. The van der Waals surface area contributed by atoms with Crippen LogP contribution in [0.5, 0.6) is 5.75 Å². The number of nitrogens with zero attached hydrogens (tertiary/aromatic N) is 4. The molecule has 1 atom stereocenters. The zero-order valence-electron chi connectivity index (χ0n) is 22.1. The normalized spacial score (nSPS) is 16.6. The highest BCUT2D eigenvalue weighted by Gasteiger charge is 2.34. The van der Waals surface area contributed by atoms with Gasteiger partial charge in [-0.1, -0.05) is 34.0 Å². The van der Waals surface area contributed by atoms with Gasteiger partial charge < -0.3 is 19.2 Å². The highest BCUT2D eigenvalue weighted by molar-refractivity contribution is 6.31. The number of oxime groups is 1. The molecule has 0 radical (unpaired) electrons. The molecule has 2 aliphatic rings. The molecule has 1 N–H and O–H groups in total. The highest BCUT2D eigenvalue weighted by Crippen LogP contribution is 2.45. The molecule has 1 fully saturated rings. The number of aromatic nitrogens is 3. The van der Waals surface area contributed by atoms with Crippen LogP contribution in [0.25, 0.3) is 11.3 Å². The second-order valence-electron chi connectivity index (χ2n) is 10.3. The van der Waals surface area contributed by atoms with Gasteiger partial charge in [-0.05, 0) is 51.0 Å². The van der Waals surface area contributed by atoms with E-state index in [1.807, 2.05) is 13.8 Å². The fourth-order valence-electron chi connectivity index (χ4n) is 4.87. The van der Waals surface area contributed by atoms with Crippen molar-refractivity contribution in [2.24, 2.45) is 5.16 Å². The molecule has 212 valence electrons. The Labute approximate surface area is 238 Å². The molecule has 2 aromatic carbocycles. The van der Waals surface area contributed by atoms with Crippen molar-refractivity contribution in [3.05, 3.63) is 87.4 Å². The second-order valence-corrected chi connectivity index (χ2v) is 10.7. The summed E-state index contributed by atoms with van der Waals surface area (Å²) >= 11 is 6.62. The third-order valence-electron chi connectivity index (χ3n) is 7.08. The van der Waals surface area contributed by atoms with Crippen LogP contribution >= 0.6 is 11.6 Å². The number of carbonyl (C=O) groups is 1. The molecular weight excluding hydrogens is 558 g/mol. The summed E-state index contributed by atoms with van der Waals surface area (Å²) in [4.78, 5) is 17.1. The van der Waals surface area contributed by atoms with Crippen molar-refractivity contribution >= 4 is 23.3 Å². The molecule has 4 aromatic rings. The first-order valence-corrected chi connectivity index (χ1v) is 13.5. The van der Waals surface area contributed by atoms with E-state index in [2.05, 4.69) is 15.4 Å². The Balaban J connectivity index is 1.19. The van der Waals surface area contributed by atoms with Crippen LogP contribution in [0.3, 0.4) is 0 Å². The van der Waals surface area contributed by atoms with Gasteiger partial charge in [0.2, 0.25) is 0 Å². The van der Waals surface area contributed by atoms with Crippen molar-refractivity contribution in [3.63, 3.8) is 0 Å². The molecule has 1 aliphatic carbocycles. The van der Waals surface area contributed by atoms with Crippen molar-refractivity contribution in [2.45, 2.75) is 57.8 Å². The van der Waals surface area contributed by atoms with Gasteiger partial charge in [0.05, 0.1) is 21.8 Å². The van der Waals surface area contributed by atoms with Crippen molar-refractivity contribution < 1.29 is 32.8 Å². The SMILES string of the molecule is CC(C)n1nc(C(=O)O)cc1C1=NOC(c2ccc(OCc3c(-c4c(F)cccc4F)noc3C3CC3)cc2Cl)C1. The number of carboxylic acids is 1. The van der Waals surface area contributed by atoms with Gasteiger partial charge in [0.25, 0.3) is 0 Å². The van der Waals surface area contributed by atoms with Crippen molar-refractivity contribution in [3.8, 4) is 17.0 Å². The quantitative estimate of drug-likeness (QED) is 0.224. The lowest BCUT2D eigenvalue weighted by molar-refractivity contribution is 0.0689. The summed E-state index contributed by atoms with van der Waals surface area (Å²) in [6.45, 7) is 3.77. The number of aromatic carboxylic acids is 1. The van der Waals surface area contributed by atoms with Crippen LogP contribution in [-0.2, 0) is 11.4 Å². The predicted octanol–water partition coefficient (Wildman–Crippen LogP) is 7.07. The molecule has 12 heteroatoms. The van der Waals surface area contributed by atoms with E-state index >= 15 is 0 Å². The Hall–Kier alpha value is -4.25. The van der Waals surface area contributed by atoms with E-state index in [-0.39, 0.29) is 35.5 Å². The van der Waals surface area contributed by atoms with E-state index in [1.54, 1.807) is 22.9 Å². The molecule has 6 rings (SSSR count). The molecule has 0 bridgehead atoms. The molecule has 1 aliphatic heterocycles. The molecule has 1 unspecified atom stereocenters. The van der Waals surface area contributed by atoms with Crippen LogP contribution < -0.4 is 4.74 Å². The summed E-state index contributed by atoms with van der Waals surface area (Å²) in [7, 11) is 0. The fraction of sp³-hybridized carbons (Fsp3) is 0.310. The van der Waals surface area contributed by atoms with Crippen LogP contribution in [0.2, 0.25) is 5.02 Å². The van der Waals surface area contributed by atoms with Gasteiger partial charge >= 0.3 is 5.97 Å². The molecule has 1 saturated carbocycles. The van der Waals surface area contributed by atoms with E-state index in [0.29, 0.717) is 45.5 Å². The molecule has 9 nitrogen and oxygen atoms in total. The minimum absolute atomic E-state index is 0.0214. The summed E-state index contributed by atoms with van der Waals surface area (Å²) in [6.07, 6.45) is 1.68. The molecule has 3 heterocycles. The van der Waals surface area contributed by atoms with E-state index in [0.717, 1.165) is 12.8 Å². The first kappa shape index (κ1) is 26.9. The highest BCUT2D eigenvalue weighted by atomic mass is 35.5. The number of ether oxygens (including phenoxy) is 1. The van der Waals surface area contributed by atoms with E-state index in [9.17, 15) is 18.7 Å². The number of hydrogen-bond acceptors (Lipinski definition) is 7. The maximum absolute atomic E-state index is 14.6. The van der Waals surface area contributed by atoms with Crippen molar-refractivity contribution in [2.75, 3.05) is 0 Å². The number of halogens is 3. The minimum atomic E-state index is -1.12. The summed E-state index contributed by atoms with van der Waals surface area (Å²) in [5.41, 5.74) is 2.06. The van der Waals surface area contributed by atoms with Crippen LogP contribution in [0.4, 0.5) is 8.78 Å². The summed E-state index contributed by atoms with van der Waals surface area (Å²) < 4.78 is 42.2. The van der Waals surface area contributed by atoms with Gasteiger partial charge in [0, 0.05) is 30.0 Å². The monoisotopic (exact) mass is 582 g/mol. The van der Waals surface area contributed by atoms with Gasteiger partial charge in [-0.15, -0.1) is 0 Å². The van der Waals surface area contributed by atoms with Gasteiger partial charge in [0.1, 0.15) is 41.2 Å². The summed E-state index contributed by atoms with van der Waals surface area (Å²) in [5.74, 6) is -1.44. The topological polar surface area (TPSA) is 112 Å². The van der Waals surface area contributed by atoms with E-state index < -0.39 is 23.7 Å². The third-order valence-corrected chi connectivity index (χ3v) is 7.40. The lowest BCUT2D eigenvalue weighted by Gasteiger charge is -2.13. The second kappa shape index (κ2) is 10.6. The Morgan fingerprint density at radius 3 is 2.61 bits per heavy atom. The Kier molecular flexibility index (Phi) is 6.98. The maximum Gasteiger partial charge on any atom is 0.356 e. The number of rotatable bonds is 9. The number of benzene rings is 2. The van der Waals surface area contributed by atoms with Crippen molar-refractivity contribution in [1.82, 2.24) is 14.9 Å². The molecule has 0 spiro atoms. The molecular formula is C29H25ClF2N4O5. The van der Waals surface area contributed by atoms with Crippen LogP contribution in [-0.4, -0.2) is 31.7 Å². The third kappa shape index (κ3) is 5.17. The average molecular weight is 583 g/mol. The van der Waals surface area contributed by atoms with Gasteiger partial charge in [0.15, 0.2) is 11.8 Å². The molecule has 0 amide bonds. The van der Waals surface area contributed by atoms with Crippen LogP contribution in [0.1, 0.15) is 84.2 Å². The van der Waals surface area contributed by atoms with Gasteiger partial charge in [-0.3, -0.25) is 4.68 Å². The van der Waals surface area contributed by atoms with E-state index in [1.165, 1.54) is 24.3 Å². The molecule has 2 aromatic heterocycles. The fourth-order valence-corrected chi connectivity index (χ4v) is 5.16. The minimum Gasteiger partial charge on any atom is -0.489 e. The lowest BCUT2D eigenvalue weighted by Crippen LogP contribution is -2.13.